The Morgan fingerprint density at radius 1 is 1.24 bits per heavy atom. The molecule has 1 atom stereocenters. The highest BCUT2D eigenvalue weighted by Gasteiger charge is 2.40. The van der Waals surface area contributed by atoms with Gasteiger partial charge in [-0.2, -0.15) is 13.2 Å². The molecular formula is C12H15F3O2. The Labute approximate surface area is 98.0 Å². The fraction of sp³-hybridized carbons (Fsp3) is 0.500. The van der Waals surface area contributed by atoms with E-state index in [-0.39, 0.29) is 5.56 Å². The van der Waals surface area contributed by atoms with Crippen molar-refractivity contribution in [3.63, 3.8) is 0 Å². The van der Waals surface area contributed by atoms with Crippen molar-refractivity contribution < 1.29 is 23.0 Å². The number of aliphatic hydroxyl groups excluding tert-OH is 1. The molecule has 0 aliphatic rings. The third kappa shape index (κ3) is 2.91. The summed E-state index contributed by atoms with van der Waals surface area (Å²) < 4.78 is 42.5. The van der Waals surface area contributed by atoms with E-state index < -0.39 is 12.3 Å². The van der Waals surface area contributed by atoms with Gasteiger partial charge >= 0.3 is 6.18 Å². The molecule has 1 rings (SSSR count). The second-order valence-electron chi connectivity index (χ2n) is 3.78. The second kappa shape index (κ2) is 4.96. The highest BCUT2D eigenvalue weighted by atomic mass is 19.4. The third-order valence-electron chi connectivity index (χ3n) is 2.68. The van der Waals surface area contributed by atoms with Crippen LogP contribution in [0.4, 0.5) is 13.2 Å². The van der Waals surface area contributed by atoms with E-state index in [1.807, 2.05) is 0 Å². The van der Waals surface area contributed by atoms with Gasteiger partial charge < -0.3 is 9.84 Å². The lowest BCUT2D eigenvalue weighted by atomic mass is 9.98. The van der Waals surface area contributed by atoms with E-state index in [1.165, 1.54) is 12.1 Å². The van der Waals surface area contributed by atoms with Gasteiger partial charge in [0, 0.05) is 0 Å². The summed E-state index contributed by atoms with van der Waals surface area (Å²) in [5.74, 6) is 0.545. The molecule has 0 bridgehead atoms. The zero-order chi connectivity index (χ0) is 13.2. The first-order chi connectivity index (χ1) is 7.79. The number of halogens is 3. The molecule has 0 saturated heterocycles. The summed E-state index contributed by atoms with van der Waals surface area (Å²) in [6.45, 7) is 5.46. The molecule has 0 aliphatic heterocycles. The van der Waals surface area contributed by atoms with Gasteiger partial charge in [0.15, 0.2) is 6.10 Å². The molecule has 0 saturated carbocycles. The Balaban J connectivity index is 3.17. The van der Waals surface area contributed by atoms with Crippen molar-refractivity contribution in [2.75, 3.05) is 6.61 Å². The minimum atomic E-state index is -4.65. The van der Waals surface area contributed by atoms with Gasteiger partial charge in [0.2, 0.25) is 0 Å². The van der Waals surface area contributed by atoms with E-state index in [4.69, 9.17) is 4.74 Å². The molecule has 0 radical (unpaired) electrons. The van der Waals surface area contributed by atoms with Crippen molar-refractivity contribution >= 4 is 0 Å². The Kier molecular flexibility index (Phi) is 4.03. The maximum absolute atomic E-state index is 12.4. The second-order valence-corrected chi connectivity index (χ2v) is 3.78. The molecule has 1 aromatic carbocycles. The van der Waals surface area contributed by atoms with Crippen LogP contribution in [0.1, 0.15) is 29.7 Å². The van der Waals surface area contributed by atoms with Crippen LogP contribution in [0.5, 0.6) is 5.75 Å². The highest BCUT2D eigenvalue weighted by molar-refractivity contribution is 5.44. The summed E-state index contributed by atoms with van der Waals surface area (Å²) in [6.07, 6.45) is -7.10. The number of hydrogen-bond donors (Lipinski definition) is 1. The Hall–Kier alpha value is -1.23. The van der Waals surface area contributed by atoms with Gasteiger partial charge in [0.05, 0.1) is 6.61 Å². The molecule has 0 fully saturated rings. The van der Waals surface area contributed by atoms with Crippen molar-refractivity contribution in [1.29, 1.82) is 0 Å². The molecule has 0 aliphatic carbocycles. The van der Waals surface area contributed by atoms with Gasteiger partial charge in [-0.3, -0.25) is 0 Å². The van der Waals surface area contributed by atoms with Crippen LogP contribution >= 0.6 is 0 Å². The minimum absolute atomic E-state index is 0.126. The summed E-state index contributed by atoms with van der Waals surface area (Å²) in [5, 5.41) is 9.22. The predicted molar refractivity (Wildman–Crippen MR) is 58.1 cm³/mol. The maximum atomic E-state index is 12.4. The smallest absolute Gasteiger partial charge is 0.418 e. The van der Waals surface area contributed by atoms with Crippen LogP contribution in [0.2, 0.25) is 0 Å². The number of hydrogen-bond acceptors (Lipinski definition) is 2. The van der Waals surface area contributed by atoms with Gasteiger partial charge in [-0.25, -0.2) is 0 Å². The fourth-order valence-electron chi connectivity index (χ4n) is 1.60. The van der Waals surface area contributed by atoms with E-state index >= 15 is 0 Å². The van der Waals surface area contributed by atoms with Gasteiger partial charge in [-0.05, 0) is 43.5 Å². The average molecular weight is 248 g/mol. The number of benzene rings is 1. The van der Waals surface area contributed by atoms with Gasteiger partial charge in [-0.15, -0.1) is 0 Å². The number of rotatable bonds is 3. The number of ether oxygens (including phenoxy) is 1. The molecule has 5 heteroatoms. The zero-order valence-corrected chi connectivity index (χ0v) is 9.93. The topological polar surface area (TPSA) is 29.5 Å². The van der Waals surface area contributed by atoms with Crippen molar-refractivity contribution in [3.05, 3.63) is 28.8 Å². The van der Waals surface area contributed by atoms with E-state index in [0.717, 1.165) is 0 Å². The van der Waals surface area contributed by atoms with Gasteiger partial charge in [0.25, 0.3) is 0 Å². The minimum Gasteiger partial charge on any atom is -0.494 e. The van der Waals surface area contributed by atoms with Gasteiger partial charge in [-0.1, -0.05) is 6.07 Å². The van der Waals surface area contributed by atoms with E-state index in [2.05, 4.69) is 0 Å². The van der Waals surface area contributed by atoms with E-state index in [1.54, 1.807) is 20.8 Å². The van der Waals surface area contributed by atoms with E-state index in [0.29, 0.717) is 23.5 Å². The highest BCUT2D eigenvalue weighted by Crippen LogP contribution is 2.36. The first-order valence-corrected chi connectivity index (χ1v) is 5.26. The lowest BCUT2D eigenvalue weighted by molar-refractivity contribution is -0.207. The molecule has 0 amide bonds. The average Bonchev–Trinajstić information content (AvgIpc) is 2.23. The molecule has 1 aromatic rings. The first-order valence-electron chi connectivity index (χ1n) is 5.26. The number of aliphatic hydroxyl groups is 1. The SMILES string of the molecule is CCOc1ccc(C(O)C(F)(F)F)c(C)c1C. The standard InChI is InChI=1S/C12H15F3O2/c1-4-17-10-6-5-9(7(2)8(10)3)11(16)12(13,14)15/h5-6,11,16H,4H2,1-3H3. The summed E-state index contributed by atoms with van der Waals surface area (Å²) in [5.41, 5.74) is 0.895. The van der Waals surface area contributed by atoms with Crippen LogP contribution in [-0.4, -0.2) is 17.9 Å². The van der Waals surface area contributed by atoms with Crippen molar-refractivity contribution in [1.82, 2.24) is 0 Å². The van der Waals surface area contributed by atoms with Crippen LogP contribution in [-0.2, 0) is 0 Å². The van der Waals surface area contributed by atoms with Gasteiger partial charge in [0.1, 0.15) is 5.75 Å². The molecule has 0 aromatic heterocycles. The Morgan fingerprint density at radius 3 is 2.29 bits per heavy atom. The van der Waals surface area contributed by atoms with Crippen LogP contribution < -0.4 is 4.74 Å². The summed E-state index contributed by atoms with van der Waals surface area (Å²) in [4.78, 5) is 0. The first kappa shape index (κ1) is 13.8. The van der Waals surface area contributed by atoms with Crippen molar-refractivity contribution in [2.24, 2.45) is 0 Å². The Morgan fingerprint density at radius 2 is 1.82 bits per heavy atom. The molecule has 0 spiro atoms. The van der Waals surface area contributed by atoms with Crippen LogP contribution in [0, 0.1) is 13.8 Å². The van der Waals surface area contributed by atoms with Crippen molar-refractivity contribution in [2.45, 2.75) is 33.1 Å². The lowest BCUT2D eigenvalue weighted by Gasteiger charge is -2.19. The molecule has 96 valence electrons. The van der Waals surface area contributed by atoms with Crippen molar-refractivity contribution in [3.8, 4) is 5.75 Å². The quantitative estimate of drug-likeness (QED) is 0.889. The van der Waals surface area contributed by atoms with Crippen LogP contribution in [0.3, 0.4) is 0 Å². The third-order valence-corrected chi connectivity index (χ3v) is 2.68. The fourth-order valence-corrected chi connectivity index (χ4v) is 1.60. The lowest BCUT2D eigenvalue weighted by Crippen LogP contribution is -2.21. The molecule has 17 heavy (non-hydrogen) atoms. The Bertz CT molecular complexity index is 399. The summed E-state index contributed by atoms with van der Waals surface area (Å²) in [6, 6.07) is 2.71. The largest absolute Gasteiger partial charge is 0.494 e. The van der Waals surface area contributed by atoms with E-state index in [9.17, 15) is 18.3 Å². The predicted octanol–water partition coefficient (Wildman–Crippen LogP) is 3.30. The molecule has 1 N–H and O–H groups in total. The van der Waals surface area contributed by atoms with Crippen LogP contribution in [0.25, 0.3) is 0 Å². The molecule has 0 heterocycles. The zero-order valence-electron chi connectivity index (χ0n) is 9.93. The van der Waals surface area contributed by atoms with Crippen LogP contribution in [0.15, 0.2) is 12.1 Å². The molecule has 2 nitrogen and oxygen atoms in total. The molecular weight excluding hydrogens is 233 g/mol. The molecule has 1 unspecified atom stereocenters. The normalized spacial score (nSPS) is 13.6. The number of alkyl halides is 3. The monoisotopic (exact) mass is 248 g/mol. The summed E-state index contributed by atoms with van der Waals surface area (Å²) in [7, 11) is 0. The maximum Gasteiger partial charge on any atom is 0.418 e. The summed E-state index contributed by atoms with van der Waals surface area (Å²) >= 11 is 0.